The highest BCUT2D eigenvalue weighted by molar-refractivity contribution is 6.05. The topological polar surface area (TPSA) is 42.2 Å². The molecule has 0 radical (unpaired) electrons. The molecule has 0 amide bonds. The number of aromatic carboxylic acids is 1. The van der Waals surface area contributed by atoms with Crippen LogP contribution in [0.5, 0.6) is 0 Å². The van der Waals surface area contributed by atoms with Crippen LogP contribution in [0.15, 0.2) is 84.9 Å². The fourth-order valence-corrected chi connectivity index (χ4v) is 3.09. The molecule has 116 valence electrons. The average Bonchev–Trinajstić information content (AvgIpc) is 3.02. The summed E-state index contributed by atoms with van der Waals surface area (Å²) < 4.78 is 2.11. The van der Waals surface area contributed by atoms with Crippen molar-refractivity contribution in [1.82, 2.24) is 4.57 Å². The number of carboxylic acid groups (broad SMARTS) is 1. The predicted octanol–water partition coefficient (Wildman–Crippen LogP) is 5.00. The first-order valence-electron chi connectivity index (χ1n) is 7.74. The van der Waals surface area contributed by atoms with E-state index in [2.05, 4.69) is 4.57 Å². The Balaban J connectivity index is 2.11. The summed E-state index contributed by atoms with van der Waals surface area (Å²) in [4.78, 5) is 11.6. The maximum Gasteiger partial charge on any atom is 0.336 e. The molecule has 0 bridgehead atoms. The number of carbonyl (C=O) groups is 1. The van der Waals surface area contributed by atoms with Gasteiger partial charge < -0.3 is 9.67 Å². The lowest BCUT2D eigenvalue weighted by atomic mass is 10.1. The van der Waals surface area contributed by atoms with E-state index in [-0.39, 0.29) is 0 Å². The summed E-state index contributed by atoms with van der Waals surface area (Å²) in [6, 6.07) is 27.4. The Morgan fingerprint density at radius 3 is 2.12 bits per heavy atom. The maximum absolute atomic E-state index is 11.6. The number of rotatable bonds is 3. The third-order valence-corrected chi connectivity index (χ3v) is 4.16. The molecule has 0 aliphatic heterocycles. The number of para-hydroxylation sites is 1. The highest BCUT2D eigenvalue weighted by atomic mass is 16.4. The molecule has 4 aromatic rings. The van der Waals surface area contributed by atoms with Crippen molar-refractivity contribution < 1.29 is 9.90 Å². The van der Waals surface area contributed by atoms with Gasteiger partial charge >= 0.3 is 5.97 Å². The van der Waals surface area contributed by atoms with Gasteiger partial charge in [-0.15, -0.1) is 0 Å². The highest BCUT2D eigenvalue weighted by Crippen LogP contribution is 2.33. The van der Waals surface area contributed by atoms with Gasteiger partial charge in [-0.2, -0.15) is 0 Å². The van der Waals surface area contributed by atoms with Crippen LogP contribution in [-0.4, -0.2) is 15.6 Å². The normalized spacial score (nSPS) is 10.8. The number of nitrogens with zero attached hydrogens (tertiary/aromatic N) is 1. The molecule has 0 unspecified atom stereocenters. The summed E-state index contributed by atoms with van der Waals surface area (Å²) in [5.74, 6) is -0.912. The standard InChI is InChI=1S/C21H15NO2/c23-21(24)17-12-7-13-19-18(17)14-20(15-8-3-1-4-9-15)22(19)16-10-5-2-6-11-16/h1-14H,(H,23,24). The van der Waals surface area contributed by atoms with Crippen LogP contribution in [0.1, 0.15) is 10.4 Å². The molecule has 1 N–H and O–H groups in total. The Labute approximate surface area is 139 Å². The molecule has 24 heavy (non-hydrogen) atoms. The van der Waals surface area contributed by atoms with Crippen molar-refractivity contribution in [3.8, 4) is 16.9 Å². The largest absolute Gasteiger partial charge is 0.478 e. The van der Waals surface area contributed by atoms with Crippen molar-refractivity contribution in [2.45, 2.75) is 0 Å². The van der Waals surface area contributed by atoms with E-state index < -0.39 is 5.97 Å². The number of hydrogen-bond donors (Lipinski definition) is 1. The van der Waals surface area contributed by atoms with Crippen LogP contribution in [0.4, 0.5) is 0 Å². The van der Waals surface area contributed by atoms with Crippen molar-refractivity contribution in [1.29, 1.82) is 0 Å². The molecule has 4 rings (SSSR count). The van der Waals surface area contributed by atoms with Crippen molar-refractivity contribution in [2.75, 3.05) is 0 Å². The Morgan fingerprint density at radius 2 is 1.46 bits per heavy atom. The van der Waals surface area contributed by atoms with E-state index in [1.165, 1.54) is 0 Å². The van der Waals surface area contributed by atoms with Crippen molar-refractivity contribution in [2.24, 2.45) is 0 Å². The second-order valence-corrected chi connectivity index (χ2v) is 5.61. The Bertz CT molecular complexity index is 1020. The van der Waals surface area contributed by atoms with Crippen LogP contribution >= 0.6 is 0 Å². The summed E-state index contributed by atoms with van der Waals surface area (Å²) >= 11 is 0. The SMILES string of the molecule is O=C(O)c1cccc2c1cc(-c1ccccc1)n2-c1ccccc1. The number of aromatic nitrogens is 1. The van der Waals surface area contributed by atoms with E-state index in [9.17, 15) is 9.90 Å². The predicted molar refractivity (Wildman–Crippen MR) is 95.7 cm³/mol. The molecule has 0 saturated carbocycles. The van der Waals surface area contributed by atoms with Gasteiger partial charge in [0.2, 0.25) is 0 Å². The van der Waals surface area contributed by atoms with Crippen LogP contribution in [0.25, 0.3) is 27.8 Å². The zero-order chi connectivity index (χ0) is 16.5. The van der Waals surface area contributed by atoms with E-state index in [1.54, 1.807) is 12.1 Å². The van der Waals surface area contributed by atoms with Crippen LogP contribution in [0.3, 0.4) is 0 Å². The van der Waals surface area contributed by atoms with Gasteiger partial charge in [0.25, 0.3) is 0 Å². The number of hydrogen-bond acceptors (Lipinski definition) is 1. The molecule has 3 aromatic carbocycles. The molecule has 0 fully saturated rings. The zero-order valence-electron chi connectivity index (χ0n) is 12.9. The molecule has 1 aromatic heterocycles. The third-order valence-electron chi connectivity index (χ3n) is 4.16. The first-order valence-corrected chi connectivity index (χ1v) is 7.74. The lowest BCUT2D eigenvalue weighted by molar-refractivity contribution is 0.0699. The lowest BCUT2D eigenvalue weighted by Gasteiger charge is -2.11. The molecule has 0 saturated heterocycles. The number of fused-ring (bicyclic) bond motifs is 1. The van der Waals surface area contributed by atoms with Gasteiger partial charge in [0.15, 0.2) is 0 Å². The van der Waals surface area contributed by atoms with Crippen molar-refractivity contribution in [3.63, 3.8) is 0 Å². The molecule has 0 aliphatic rings. The molecule has 0 spiro atoms. The minimum absolute atomic E-state index is 0.319. The second kappa shape index (κ2) is 5.70. The molecule has 3 nitrogen and oxygen atoms in total. The van der Waals surface area contributed by atoms with E-state index in [0.717, 1.165) is 27.8 Å². The zero-order valence-corrected chi connectivity index (χ0v) is 12.9. The fourth-order valence-electron chi connectivity index (χ4n) is 3.09. The van der Waals surface area contributed by atoms with Gasteiger partial charge in [-0.25, -0.2) is 4.79 Å². The third kappa shape index (κ3) is 2.27. The van der Waals surface area contributed by atoms with Crippen LogP contribution in [0.2, 0.25) is 0 Å². The quantitative estimate of drug-likeness (QED) is 0.578. The monoisotopic (exact) mass is 313 g/mol. The Hall–Kier alpha value is -3.33. The molecular formula is C21H15NO2. The summed E-state index contributed by atoms with van der Waals surface area (Å²) in [6.07, 6.45) is 0. The number of benzene rings is 3. The lowest BCUT2D eigenvalue weighted by Crippen LogP contribution is -1.98. The van der Waals surface area contributed by atoms with Gasteiger partial charge in [-0.3, -0.25) is 0 Å². The average molecular weight is 313 g/mol. The van der Waals surface area contributed by atoms with Gasteiger partial charge in [0, 0.05) is 11.1 Å². The van der Waals surface area contributed by atoms with Crippen LogP contribution in [-0.2, 0) is 0 Å². The van der Waals surface area contributed by atoms with E-state index in [4.69, 9.17) is 0 Å². The van der Waals surface area contributed by atoms with E-state index in [1.807, 2.05) is 72.8 Å². The smallest absolute Gasteiger partial charge is 0.336 e. The minimum Gasteiger partial charge on any atom is -0.478 e. The highest BCUT2D eigenvalue weighted by Gasteiger charge is 2.16. The van der Waals surface area contributed by atoms with Gasteiger partial charge in [-0.1, -0.05) is 54.6 Å². The van der Waals surface area contributed by atoms with Crippen LogP contribution < -0.4 is 0 Å². The maximum atomic E-state index is 11.6. The molecule has 0 aliphatic carbocycles. The fraction of sp³-hybridized carbons (Fsp3) is 0. The summed E-state index contributed by atoms with van der Waals surface area (Å²) in [5.41, 5.74) is 4.24. The molecule has 1 heterocycles. The van der Waals surface area contributed by atoms with Gasteiger partial charge in [0.05, 0.1) is 16.8 Å². The molecule has 3 heteroatoms. The Morgan fingerprint density at radius 1 is 0.792 bits per heavy atom. The van der Waals surface area contributed by atoms with Gasteiger partial charge in [0.1, 0.15) is 0 Å². The first kappa shape index (κ1) is 14.3. The first-order chi connectivity index (χ1) is 11.8. The summed E-state index contributed by atoms with van der Waals surface area (Å²) in [5, 5.41) is 10.3. The van der Waals surface area contributed by atoms with Crippen molar-refractivity contribution >= 4 is 16.9 Å². The Kier molecular flexibility index (Phi) is 3.39. The van der Waals surface area contributed by atoms with Gasteiger partial charge in [-0.05, 0) is 35.9 Å². The molecule has 0 atom stereocenters. The van der Waals surface area contributed by atoms with E-state index >= 15 is 0 Å². The number of carboxylic acids is 1. The van der Waals surface area contributed by atoms with Crippen LogP contribution in [0, 0.1) is 0 Å². The van der Waals surface area contributed by atoms with Crippen molar-refractivity contribution in [3.05, 3.63) is 90.5 Å². The summed E-state index contributed by atoms with van der Waals surface area (Å²) in [7, 11) is 0. The summed E-state index contributed by atoms with van der Waals surface area (Å²) in [6.45, 7) is 0. The second-order valence-electron chi connectivity index (χ2n) is 5.61. The van der Waals surface area contributed by atoms with E-state index in [0.29, 0.717) is 5.56 Å². The minimum atomic E-state index is -0.912. The molecular weight excluding hydrogens is 298 g/mol.